The van der Waals surface area contributed by atoms with E-state index in [1.54, 1.807) is 30.3 Å². The van der Waals surface area contributed by atoms with Gasteiger partial charge >= 0.3 is 0 Å². The summed E-state index contributed by atoms with van der Waals surface area (Å²) in [5.41, 5.74) is 3.15. The zero-order chi connectivity index (χ0) is 10.4. The molecule has 14 heavy (non-hydrogen) atoms. The Kier molecular flexibility index (Phi) is 3.26. The van der Waals surface area contributed by atoms with Crippen molar-refractivity contribution in [1.82, 2.24) is 5.43 Å². The van der Waals surface area contributed by atoms with Crippen LogP contribution in [0.25, 0.3) is 0 Å². The molecule has 0 bridgehead atoms. The van der Waals surface area contributed by atoms with Gasteiger partial charge < -0.3 is 0 Å². The number of hydrazine groups is 1. The SMILES string of the molecule is N#CC#Cc1ccc(C(=O)NN)cc1. The Hall–Kier alpha value is -2.30. The zero-order valence-corrected chi connectivity index (χ0v) is 7.24. The highest BCUT2D eigenvalue weighted by Crippen LogP contribution is 2.02. The molecule has 4 heteroatoms. The summed E-state index contributed by atoms with van der Waals surface area (Å²) in [7, 11) is 0. The highest BCUT2D eigenvalue weighted by molar-refractivity contribution is 5.93. The second kappa shape index (κ2) is 4.66. The number of nitrogens with one attached hydrogen (secondary N) is 1. The van der Waals surface area contributed by atoms with Gasteiger partial charge in [0.15, 0.2) is 6.07 Å². The lowest BCUT2D eigenvalue weighted by Gasteiger charge is -1.98. The molecular weight excluding hydrogens is 178 g/mol. The van der Waals surface area contributed by atoms with E-state index >= 15 is 0 Å². The van der Waals surface area contributed by atoms with Crippen molar-refractivity contribution in [3.05, 3.63) is 35.4 Å². The Bertz CT molecular complexity index is 431. The quantitative estimate of drug-likeness (QED) is 0.283. The molecule has 0 unspecified atom stereocenters. The molecule has 0 saturated carbocycles. The van der Waals surface area contributed by atoms with Crippen LogP contribution in [0.5, 0.6) is 0 Å². The maximum absolute atomic E-state index is 11.0. The van der Waals surface area contributed by atoms with E-state index in [1.807, 2.05) is 5.43 Å². The number of nitrogens with two attached hydrogens (primary N) is 1. The lowest BCUT2D eigenvalue weighted by atomic mass is 10.1. The Morgan fingerprint density at radius 3 is 2.50 bits per heavy atom. The Labute approximate surface area is 81.3 Å². The van der Waals surface area contributed by atoms with Crippen molar-refractivity contribution in [3.63, 3.8) is 0 Å². The molecule has 4 nitrogen and oxygen atoms in total. The summed E-state index contributed by atoms with van der Waals surface area (Å²) in [5.74, 6) is 9.46. The lowest BCUT2D eigenvalue weighted by Crippen LogP contribution is -2.29. The van der Waals surface area contributed by atoms with Crippen LogP contribution in [0.4, 0.5) is 0 Å². The molecule has 68 valence electrons. The largest absolute Gasteiger partial charge is 0.290 e. The summed E-state index contributed by atoms with van der Waals surface area (Å²) in [6.45, 7) is 0. The molecule has 0 fully saturated rings. The number of hydrogen-bond acceptors (Lipinski definition) is 3. The van der Waals surface area contributed by atoms with E-state index in [-0.39, 0.29) is 5.91 Å². The number of carbonyl (C=O) groups excluding carboxylic acids is 1. The number of nitrogens with zero attached hydrogens (tertiary/aromatic N) is 1. The maximum Gasteiger partial charge on any atom is 0.265 e. The van der Waals surface area contributed by atoms with Crippen molar-refractivity contribution < 1.29 is 4.79 Å². The molecule has 0 radical (unpaired) electrons. The third-order valence-electron chi connectivity index (χ3n) is 1.54. The van der Waals surface area contributed by atoms with Gasteiger partial charge in [0, 0.05) is 17.0 Å². The molecule has 3 N–H and O–H groups in total. The first kappa shape index (κ1) is 9.79. The first-order valence-corrected chi connectivity index (χ1v) is 3.79. The second-order valence-electron chi connectivity index (χ2n) is 2.41. The fraction of sp³-hybridized carbons (Fsp3) is 0. The predicted octanol–water partition coefficient (Wildman–Crippen LogP) is 0.165. The van der Waals surface area contributed by atoms with Gasteiger partial charge in [0.05, 0.1) is 0 Å². The second-order valence-corrected chi connectivity index (χ2v) is 2.41. The predicted molar refractivity (Wildman–Crippen MR) is 50.6 cm³/mol. The van der Waals surface area contributed by atoms with E-state index in [4.69, 9.17) is 11.1 Å². The van der Waals surface area contributed by atoms with Crippen LogP contribution in [0.15, 0.2) is 24.3 Å². The number of benzene rings is 1. The molecule has 1 amide bonds. The highest BCUT2D eigenvalue weighted by atomic mass is 16.2. The highest BCUT2D eigenvalue weighted by Gasteiger charge is 2.00. The third-order valence-corrected chi connectivity index (χ3v) is 1.54. The Balaban J connectivity index is 2.90. The minimum absolute atomic E-state index is 0.357. The molecule has 0 aromatic heterocycles. The summed E-state index contributed by atoms with van der Waals surface area (Å²) in [4.78, 5) is 11.0. The van der Waals surface area contributed by atoms with E-state index in [2.05, 4.69) is 11.8 Å². The van der Waals surface area contributed by atoms with Gasteiger partial charge in [-0.2, -0.15) is 5.26 Å². The summed E-state index contributed by atoms with van der Waals surface area (Å²) in [6, 6.07) is 8.17. The van der Waals surface area contributed by atoms with E-state index in [9.17, 15) is 4.79 Å². The topological polar surface area (TPSA) is 78.9 Å². The molecule has 1 aromatic rings. The molecule has 0 saturated heterocycles. The van der Waals surface area contributed by atoms with E-state index in [0.29, 0.717) is 11.1 Å². The van der Waals surface area contributed by atoms with Crippen LogP contribution in [-0.2, 0) is 0 Å². The van der Waals surface area contributed by atoms with Crippen LogP contribution in [0.1, 0.15) is 15.9 Å². The minimum atomic E-state index is -0.357. The molecule has 0 heterocycles. The fourth-order valence-electron chi connectivity index (χ4n) is 0.888. The summed E-state index contributed by atoms with van der Waals surface area (Å²) >= 11 is 0. The first-order valence-electron chi connectivity index (χ1n) is 3.79. The summed E-state index contributed by atoms with van der Waals surface area (Å²) in [5, 5.41) is 8.20. The third kappa shape index (κ3) is 2.34. The summed E-state index contributed by atoms with van der Waals surface area (Å²) in [6.07, 6.45) is 0. The molecule has 1 aromatic carbocycles. The lowest BCUT2D eigenvalue weighted by molar-refractivity contribution is 0.0953. The van der Waals surface area contributed by atoms with E-state index in [0.717, 1.165) is 0 Å². The van der Waals surface area contributed by atoms with Crippen molar-refractivity contribution in [2.75, 3.05) is 0 Å². The van der Waals surface area contributed by atoms with Crippen LogP contribution >= 0.6 is 0 Å². The van der Waals surface area contributed by atoms with Gasteiger partial charge in [0.25, 0.3) is 5.91 Å². The molecule has 0 aliphatic rings. The van der Waals surface area contributed by atoms with Gasteiger partial charge in [0.1, 0.15) is 0 Å². The van der Waals surface area contributed by atoms with Crippen molar-refractivity contribution in [1.29, 1.82) is 5.26 Å². The van der Waals surface area contributed by atoms with Crippen LogP contribution < -0.4 is 11.3 Å². The molecular formula is C10H7N3O. The Morgan fingerprint density at radius 2 is 2.00 bits per heavy atom. The molecule has 0 atom stereocenters. The standard InChI is InChI=1S/C10H7N3O/c11-7-1-2-8-3-5-9(6-4-8)10(14)13-12/h3-6H,12H2,(H,13,14). The van der Waals surface area contributed by atoms with Crippen molar-refractivity contribution in [2.45, 2.75) is 0 Å². The van der Waals surface area contributed by atoms with Gasteiger partial charge in [-0.25, -0.2) is 5.84 Å². The minimum Gasteiger partial charge on any atom is -0.290 e. The smallest absolute Gasteiger partial charge is 0.265 e. The van der Waals surface area contributed by atoms with Crippen LogP contribution in [0, 0.1) is 23.2 Å². The van der Waals surface area contributed by atoms with Crippen molar-refractivity contribution in [2.24, 2.45) is 5.84 Å². The Morgan fingerprint density at radius 1 is 1.36 bits per heavy atom. The van der Waals surface area contributed by atoms with Gasteiger partial charge in [-0.15, -0.1) is 0 Å². The molecule has 0 aliphatic carbocycles. The van der Waals surface area contributed by atoms with Crippen molar-refractivity contribution >= 4 is 5.91 Å². The number of hydrogen-bond donors (Lipinski definition) is 2. The van der Waals surface area contributed by atoms with Gasteiger partial charge in [-0.05, 0) is 24.3 Å². The number of amides is 1. The monoisotopic (exact) mass is 185 g/mol. The average Bonchev–Trinajstić information content (AvgIpc) is 2.26. The molecule has 1 rings (SSSR count). The van der Waals surface area contributed by atoms with Crippen molar-refractivity contribution in [3.8, 4) is 17.9 Å². The average molecular weight is 185 g/mol. The number of carbonyl (C=O) groups is 1. The molecule has 0 spiro atoms. The van der Waals surface area contributed by atoms with E-state index in [1.165, 1.54) is 0 Å². The van der Waals surface area contributed by atoms with Gasteiger partial charge in [-0.3, -0.25) is 10.2 Å². The normalized spacial score (nSPS) is 8.00. The first-order chi connectivity index (χ1) is 6.77. The summed E-state index contributed by atoms with van der Waals surface area (Å²) < 4.78 is 0. The van der Waals surface area contributed by atoms with Crippen LogP contribution in [-0.4, -0.2) is 5.91 Å². The van der Waals surface area contributed by atoms with E-state index < -0.39 is 0 Å². The van der Waals surface area contributed by atoms with Crippen LogP contribution in [0.3, 0.4) is 0 Å². The fourth-order valence-corrected chi connectivity index (χ4v) is 0.888. The van der Waals surface area contributed by atoms with Gasteiger partial charge in [0.2, 0.25) is 0 Å². The zero-order valence-electron chi connectivity index (χ0n) is 7.24. The number of nitrogen functional groups attached to an aromatic ring is 1. The van der Waals surface area contributed by atoms with Gasteiger partial charge in [-0.1, -0.05) is 5.92 Å². The maximum atomic E-state index is 11.0. The molecule has 0 aliphatic heterocycles. The van der Waals surface area contributed by atoms with Crippen LogP contribution in [0.2, 0.25) is 0 Å². The number of nitriles is 1. The number of rotatable bonds is 1.